The smallest absolute Gasteiger partial charge is 0.269 e. The van der Waals surface area contributed by atoms with Crippen molar-refractivity contribution < 1.29 is 19.6 Å². The number of benzene rings is 1. The maximum absolute atomic E-state index is 10.8. The molecule has 0 atom stereocenters. The van der Waals surface area contributed by atoms with Gasteiger partial charge in [0.05, 0.1) is 4.92 Å². The molecule has 0 unspecified atom stereocenters. The number of rotatable bonds is 3. The fourth-order valence-electron chi connectivity index (χ4n) is 0.852. The molecule has 1 aromatic rings. The summed E-state index contributed by atoms with van der Waals surface area (Å²) in [6.45, 7) is 0. The lowest BCUT2D eigenvalue weighted by Gasteiger charge is -1.99. The van der Waals surface area contributed by atoms with E-state index in [1.165, 1.54) is 0 Å². The molecule has 0 aromatic heterocycles. The number of nitrogens with zero attached hydrogens (tertiary/aromatic N) is 1. The highest BCUT2D eigenvalue weighted by Gasteiger charge is 2.09. The van der Waals surface area contributed by atoms with Gasteiger partial charge in [-0.15, -0.1) is 0 Å². The number of nitro benzene ring substituents is 1. The minimum absolute atomic E-state index is 0.143. The third kappa shape index (κ3) is 1.92. The van der Waals surface area contributed by atoms with Gasteiger partial charge in [-0.2, -0.15) is 0 Å². The Kier molecular flexibility index (Phi) is 2.57. The molecule has 0 aliphatic rings. The van der Waals surface area contributed by atoms with Crippen molar-refractivity contribution in [2.45, 2.75) is 0 Å². The molecule has 6 nitrogen and oxygen atoms in total. The first-order chi connectivity index (χ1) is 6.52. The largest absolute Gasteiger partial charge is 0.541 e. The van der Waals surface area contributed by atoms with E-state index in [4.69, 9.17) is 0 Å². The van der Waals surface area contributed by atoms with Gasteiger partial charge in [-0.1, -0.05) is 0 Å². The van der Waals surface area contributed by atoms with Gasteiger partial charge in [0.1, 0.15) is 5.97 Å². The van der Waals surface area contributed by atoms with Crippen LogP contribution < -0.4 is 5.11 Å². The van der Waals surface area contributed by atoms with E-state index in [0.717, 1.165) is 24.3 Å². The average molecular weight is 194 g/mol. The third-order valence-corrected chi connectivity index (χ3v) is 1.53. The van der Waals surface area contributed by atoms with Crippen LogP contribution in [0.5, 0.6) is 0 Å². The van der Waals surface area contributed by atoms with Crippen LogP contribution in [0.15, 0.2) is 24.3 Å². The molecule has 0 amide bonds. The zero-order chi connectivity index (χ0) is 10.7. The summed E-state index contributed by atoms with van der Waals surface area (Å²) in [5.74, 6) is -3.03. The van der Waals surface area contributed by atoms with Gasteiger partial charge in [-0.25, -0.2) is 0 Å². The molecule has 14 heavy (non-hydrogen) atoms. The Morgan fingerprint density at radius 1 is 1.14 bits per heavy atom. The number of hydrogen-bond acceptors (Lipinski definition) is 5. The van der Waals surface area contributed by atoms with E-state index in [1.54, 1.807) is 0 Å². The molecule has 0 fully saturated rings. The molecule has 0 saturated heterocycles. The number of carbonyl (C=O) groups is 2. The molecule has 72 valence electrons. The maximum Gasteiger partial charge on any atom is 0.269 e. The van der Waals surface area contributed by atoms with Gasteiger partial charge in [-0.3, -0.25) is 14.9 Å². The Hall–Kier alpha value is -2.24. The quantitative estimate of drug-likeness (QED) is 0.280. The van der Waals surface area contributed by atoms with E-state index in [-0.39, 0.29) is 11.3 Å². The average Bonchev–Trinajstić information content (AvgIpc) is 2.16. The van der Waals surface area contributed by atoms with E-state index in [9.17, 15) is 24.8 Å². The number of nitro groups is 1. The van der Waals surface area contributed by atoms with Crippen LogP contribution >= 0.6 is 0 Å². The molecule has 0 bridgehead atoms. The van der Waals surface area contributed by atoms with Gasteiger partial charge in [0, 0.05) is 17.7 Å². The van der Waals surface area contributed by atoms with Crippen molar-refractivity contribution in [1.29, 1.82) is 0 Å². The Labute approximate surface area is 77.9 Å². The number of Topliss-reactive ketones (excluding diaryl/α,β-unsaturated/α-hetero) is 1. The normalized spacial score (nSPS) is 9.43. The second kappa shape index (κ2) is 3.65. The Balaban J connectivity index is 3.00. The molecule has 1 aromatic carbocycles. The van der Waals surface area contributed by atoms with Gasteiger partial charge < -0.3 is 9.90 Å². The molecule has 0 radical (unpaired) electrons. The van der Waals surface area contributed by atoms with Crippen LogP contribution in [0, 0.1) is 10.1 Å². The SMILES string of the molecule is O=C([O-])C(=O)c1ccc([N+](=O)[O-])cc1. The van der Waals surface area contributed by atoms with Crippen LogP contribution in [0.3, 0.4) is 0 Å². The fraction of sp³-hybridized carbons (Fsp3) is 0. The summed E-state index contributed by atoms with van der Waals surface area (Å²) in [5, 5.41) is 20.3. The number of carbonyl (C=O) groups excluding carboxylic acids is 2. The van der Waals surface area contributed by atoms with E-state index < -0.39 is 16.7 Å². The highest BCUT2D eigenvalue weighted by atomic mass is 16.6. The minimum atomic E-state index is -1.83. The first-order valence-corrected chi connectivity index (χ1v) is 3.52. The van der Waals surface area contributed by atoms with Crippen molar-refractivity contribution in [3.8, 4) is 0 Å². The van der Waals surface area contributed by atoms with Crippen molar-refractivity contribution in [3.05, 3.63) is 39.9 Å². The first-order valence-electron chi connectivity index (χ1n) is 3.52. The number of ketones is 1. The van der Waals surface area contributed by atoms with Gasteiger partial charge in [0.2, 0.25) is 5.78 Å². The van der Waals surface area contributed by atoms with Crippen molar-refractivity contribution in [2.75, 3.05) is 0 Å². The topological polar surface area (TPSA) is 100 Å². The second-order valence-corrected chi connectivity index (χ2v) is 2.42. The van der Waals surface area contributed by atoms with Crippen LogP contribution in [-0.4, -0.2) is 16.7 Å². The van der Waals surface area contributed by atoms with Gasteiger partial charge >= 0.3 is 0 Å². The predicted molar refractivity (Wildman–Crippen MR) is 42.4 cm³/mol. The van der Waals surface area contributed by atoms with Gasteiger partial charge in [0.25, 0.3) is 5.69 Å². The molecule has 1 rings (SSSR count). The Morgan fingerprint density at radius 2 is 1.64 bits per heavy atom. The molecular weight excluding hydrogens is 190 g/mol. The Bertz CT molecular complexity index is 395. The standard InChI is InChI=1S/C8H5NO5/c10-7(8(11)12)5-1-3-6(4-2-5)9(13)14/h1-4H,(H,11,12)/p-1. The minimum Gasteiger partial charge on any atom is -0.541 e. The molecule has 0 aliphatic heterocycles. The summed E-state index contributed by atoms with van der Waals surface area (Å²) in [6.07, 6.45) is 0. The lowest BCUT2D eigenvalue weighted by atomic mass is 10.1. The highest BCUT2D eigenvalue weighted by molar-refractivity contribution is 6.38. The predicted octanol–water partition coefficient (Wildman–Crippen LogP) is -0.473. The lowest BCUT2D eigenvalue weighted by molar-refractivity contribution is -0.384. The second-order valence-electron chi connectivity index (χ2n) is 2.42. The number of carboxylic acid groups (broad SMARTS) is 1. The molecule has 0 saturated carbocycles. The van der Waals surface area contributed by atoms with E-state index in [2.05, 4.69) is 0 Å². The third-order valence-electron chi connectivity index (χ3n) is 1.53. The van der Waals surface area contributed by atoms with E-state index in [1.807, 2.05) is 0 Å². The summed E-state index contributed by atoms with van der Waals surface area (Å²) < 4.78 is 0. The first kappa shape index (κ1) is 9.85. The maximum atomic E-state index is 10.8. The van der Waals surface area contributed by atoms with E-state index in [0.29, 0.717) is 0 Å². The molecule has 6 heteroatoms. The molecule has 0 N–H and O–H groups in total. The lowest BCUT2D eigenvalue weighted by Crippen LogP contribution is -2.31. The molecule has 0 aliphatic carbocycles. The van der Waals surface area contributed by atoms with Crippen molar-refractivity contribution in [2.24, 2.45) is 0 Å². The van der Waals surface area contributed by atoms with Crippen LogP contribution in [0.1, 0.15) is 10.4 Å². The summed E-state index contributed by atoms with van der Waals surface area (Å²) >= 11 is 0. The summed E-state index contributed by atoms with van der Waals surface area (Å²) in [6, 6.07) is 4.23. The summed E-state index contributed by atoms with van der Waals surface area (Å²) in [7, 11) is 0. The number of hydrogen-bond donors (Lipinski definition) is 0. The van der Waals surface area contributed by atoms with E-state index >= 15 is 0 Å². The monoisotopic (exact) mass is 194 g/mol. The summed E-state index contributed by atoms with van der Waals surface area (Å²) in [5.41, 5.74) is -0.351. The van der Waals surface area contributed by atoms with Crippen molar-refractivity contribution in [1.82, 2.24) is 0 Å². The van der Waals surface area contributed by atoms with Crippen LogP contribution in [0.2, 0.25) is 0 Å². The zero-order valence-corrected chi connectivity index (χ0v) is 6.80. The number of aliphatic carboxylic acids is 1. The van der Waals surface area contributed by atoms with Crippen molar-refractivity contribution >= 4 is 17.4 Å². The highest BCUT2D eigenvalue weighted by Crippen LogP contribution is 2.11. The Morgan fingerprint density at radius 3 is 2.00 bits per heavy atom. The molecule has 0 heterocycles. The van der Waals surface area contributed by atoms with Gasteiger partial charge in [-0.05, 0) is 12.1 Å². The number of non-ortho nitro benzene ring substituents is 1. The molecular formula is C8H4NO5-. The number of carboxylic acids is 1. The summed E-state index contributed by atoms with van der Waals surface area (Å²) in [4.78, 5) is 30.5. The van der Waals surface area contributed by atoms with Crippen LogP contribution in [0.4, 0.5) is 5.69 Å². The molecule has 0 spiro atoms. The van der Waals surface area contributed by atoms with Gasteiger partial charge in [0.15, 0.2) is 0 Å². The fourth-order valence-corrected chi connectivity index (χ4v) is 0.852. The van der Waals surface area contributed by atoms with Crippen LogP contribution in [-0.2, 0) is 4.79 Å². The van der Waals surface area contributed by atoms with Crippen LogP contribution in [0.25, 0.3) is 0 Å². The zero-order valence-electron chi connectivity index (χ0n) is 6.80. The van der Waals surface area contributed by atoms with Crippen molar-refractivity contribution in [3.63, 3.8) is 0 Å².